The number of hydrogen-bond acceptors (Lipinski definition) is 3. The highest BCUT2D eigenvalue weighted by Gasteiger charge is 2.17. The van der Waals surface area contributed by atoms with E-state index in [-0.39, 0.29) is 11.8 Å². The molecule has 1 N–H and O–H groups in total. The molecule has 1 aromatic carbocycles. The number of esters is 1. The fourth-order valence-corrected chi connectivity index (χ4v) is 2.22. The average molecular weight is 314 g/mol. The van der Waals surface area contributed by atoms with Gasteiger partial charge in [-0.2, -0.15) is 0 Å². The van der Waals surface area contributed by atoms with E-state index in [1.54, 1.807) is 16.8 Å². The summed E-state index contributed by atoms with van der Waals surface area (Å²) in [6, 6.07) is 11.5. The van der Waals surface area contributed by atoms with Crippen LogP contribution in [0.3, 0.4) is 0 Å². The Labute approximate surface area is 136 Å². The lowest BCUT2D eigenvalue weighted by molar-refractivity contribution is -0.119. The lowest BCUT2D eigenvalue weighted by atomic mass is 10.1. The van der Waals surface area contributed by atoms with Crippen molar-refractivity contribution in [1.82, 2.24) is 4.57 Å². The van der Waals surface area contributed by atoms with Crippen molar-refractivity contribution in [1.29, 1.82) is 0 Å². The molecule has 0 aliphatic rings. The largest absolute Gasteiger partial charge is 0.464 e. The number of carbonyl (C=O) groups excluding carboxylic acids is 2. The molecule has 0 fully saturated rings. The van der Waals surface area contributed by atoms with Crippen LogP contribution < -0.4 is 5.32 Å². The van der Waals surface area contributed by atoms with Gasteiger partial charge in [0.15, 0.2) is 0 Å². The molecule has 0 aliphatic carbocycles. The molecule has 0 spiro atoms. The fraction of sp³-hybridized carbons (Fsp3) is 0.333. The van der Waals surface area contributed by atoms with Gasteiger partial charge in [0.05, 0.1) is 12.8 Å². The quantitative estimate of drug-likeness (QED) is 0.832. The van der Waals surface area contributed by atoms with Gasteiger partial charge >= 0.3 is 5.97 Å². The molecule has 1 aromatic heterocycles. The molecule has 0 radical (unpaired) electrons. The van der Waals surface area contributed by atoms with Crippen molar-refractivity contribution < 1.29 is 14.3 Å². The SMILES string of the molecule is CCC(C)C(=O)Nc1cc(C(=O)OC)n(Cc2ccccc2)c1. The Kier molecular flexibility index (Phi) is 5.57. The standard InChI is InChI=1S/C18H22N2O3/c1-4-13(2)17(21)19-15-10-16(18(22)23-3)20(12-15)11-14-8-6-5-7-9-14/h5-10,12-13H,4,11H2,1-3H3,(H,19,21). The Bertz CT molecular complexity index is 677. The van der Waals surface area contributed by atoms with Crippen molar-refractivity contribution in [3.05, 3.63) is 53.9 Å². The van der Waals surface area contributed by atoms with E-state index in [1.807, 2.05) is 44.2 Å². The highest BCUT2D eigenvalue weighted by Crippen LogP contribution is 2.18. The third-order valence-electron chi connectivity index (χ3n) is 3.81. The summed E-state index contributed by atoms with van der Waals surface area (Å²) in [7, 11) is 1.35. The summed E-state index contributed by atoms with van der Waals surface area (Å²) in [6.45, 7) is 4.37. The zero-order chi connectivity index (χ0) is 16.8. The van der Waals surface area contributed by atoms with Gasteiger partial charge in [0.2, 0.25) is 5.91 Å². The molecule has 2 aromatic rings. The molecule has 0 bridgehead atoms. The van der Waals surface area contributed by atoms with Gasteiger partial charge in [0.25, 0.3) is 0 Å². The van der Waals surface area contributed by atoms with Crippen LogP contribution in [0.5, 0.6) is 0 Å². The summed E-state index contributed by atoms with van der Waals surface area (Å²) in [5.41, 5.74) is 2.08. The third-order valence-corrected chi connectivity index (χ3v) is 3.81. The topological polar surface area (TPSA) is 60.3 Å². The molecule has 1 amide bonds. The minimum Gasteiger partial charge on any atom is -0.464 e. The zero-order valence-electron chi connectivity index (χ0n) is 13.7. The van der Waals surface area contributed by atoms with Crippen LogP contribution in [-0.2, 0) is 16.1 Å². The minimum atomic E-state index is -0.426. The number of anilines is 1. The van der Waals surface area contributed by atoms with E-state index in [9.17, 15) is 9.59 Å². The molecular weight excluding hydrogens is 292 g/mol. The van der Waals surface area contributed by atoms with E-state index >= 15 is 0 Å². The average Bonchev–Trinajstić information content (AvgIpc) is 2.96. The van der Waals surface area contributed by atoms with Crippen LogP contribution in [0.25, 0.3) is 0 Å². The minimum absolute atomic E-state index is 0.0548. The predicted octanol–water partition coefficient (Wildman–Crippen LogP) is 3.31. The molecule has 122 valence electrons. The molecule has 5 nitrogen and oxygen atoms in total. The number of rotatable bonds is 6. The first kappa shape index (κ1) is 16.8. The fourth-order valence-electron chi connectivity index (χ4n) is 2.22. The summed E-state index contributed by atoms with van der Waals surface area (Å²) >= 11 is 0. The van der Waals surface area contributed by atoms with Crippen LogP contribution in [-0.4, -0.2) is 23.6 Å². The van der Waals surface area contributed by atoms with Gasteiger partial charge < -0.3 is 14.6 Å². The molecular formula is C18H22N2O3. The Balaban J connectivity index is 2.25. The number of hydrogen-bond donors (Lipinski definition) is 1. The Morgan fingerprint density at radius 2 is 1.96 bits per heavy atom. The smallest absolute Gasteiger partial charge is 0.354 e. The van der Waals surface area contributed by atoms with Crippen molar-refractivity contribution >= 4 is 17.6 Å². The summed E-state index contributed by atoms with van der Waals surface area (Å²) in [6.07, 6.45) is 2.53. The maximum Gasteiger partial charge on any atom is 0.354 e. The second-order valence-electron chi connectivity index (χ2n) is 5.52. The van der Waals surface area contributed by atoms with Gasteiger partial charge in [-0.3, -0.25) is 4.79 Å². The Hall–Kier alpha value is -2.56. The maximum atomic E-state index is 12.0. The van der Waals surface area contributed by atoms with E-state index < -0.39 is 5.97 Å². The molecule has 1 atom stereocenters. The summed E-state index contributed by atoms with van der Waals surface area (Å²) in [4.78, 5) is 24.0. The van der Waals surface area contributed by atoms with Crippen LogP contribution in [0.1, 0.15) is 36.3 Å². The number of aromatic nitrogens is 1. The van der Waals surface area contributed by atoms with Gasteiger partial charge in [0, 0.05) is 18.7 Å². The van der Waals surface area contributed by atoms with Crippen LogP contribution in [0.15, 0.2) is 42.6 Å². The van der Waals surface area contributed by atoms with Gasteiger partial charge in [-0.15, -0.1) is 0 Å². The van der Waals surface area contributed by atoms with Crippen molar-refractivity contribution in [3.8, 4) is 0 Å². The second-order valence-corrected chi connectivity index (χ2v) is 5.52. The molecule has 0 saturated carbocycles. The molecule has 2 rings (SSSR count). The summed E-state index contributed by atoms with van der Waals surface area (Å²) in [5, 5.41) is 2.85. The van der Waals surface area contributed by atoms with Crippen molar-refractivity contribution in [2.45, 2.75) is 26.8 Å². The monoisotopic (exact) mass is 314 g/mol. The first-order valence-electron chi connectivity index (χ1n) is 7.68. The Morgan fingerprint density at radius 1 is 1.26 bits per heavy atom. The third kappa shape index (κ3) is 4.22. The van der Waals surface area contributed by atoms with E-state index in [2.05, 4.69) is 5.32 Å². The zero-order valence-corrected chi connectivity index (χ0v) is 13.7. The Morgan fingerprint density at radius 3 is 2.57 bits per heavy atom. The normalized spacial score (nSPS) is 11.8. The van der Waals surface area contributed by atoms with Gasteiger partial charge in [-0.1, -0.05) is 44.2 Å². The lowest BCUT2D eigenvalue weighted by Gasteiger charge is -2.08. The number of ether oxygens (including phenoxy) is 1. The number of nitrogens with one attached hydrogen (secondary N) is 1. The van der Waals surface area contributed by atoms with Crippen LogP contribution in [0, 0.1) is 5.92 Å². The van der Waals surface area contributed by atoms with Crippen LogP contribution in [0.2, 0.25) is 0 Å². The van der Waals surface area contributed by atoms with E-state index in [1.165, 1.54) is 7.11 Å². The van der Waals surface area contributed by atoms with E-state index in [4.69, 9.17) is 4.74 Å². The number of methoxy groups -OCH3 is 1. The number of amides is 1. The predicted molar refractivity (Wildman–Crippen MR) is 89.4 cm³/mol. The lowest BCUT2D eigenvalue weighted by Crippen LogP contribution is -2.19. The number of benzene rings is 1. The summed E-state index contributed by atoms with van der Waals surface area (Å²) in [5.74, 6) is -0.556. The number of nitrogens with zero attached hydrogens (tertiary/aromatic N) is 1. The van der Waals surface area contributed by atoms with Crippen LogP contribution >= 0.6 is 0 Å². The first-order chi connectivity index (χ1) is 11.0. The first-order valence-corrected chi connectivity index (χ1v) is 7.68. The van der Waals surface area contributed by atoms with Gasteiger partial charge in [0.1, 0.15) is 5.69 Å². The highest BCUT2D eigenvalue weighted by atomic mass is 16.5. The molecule has 0 saturated heterocycles. The van der Waals surface area contributed by atoms with Crippen molar-refractivity contribution in [3.63, 3.8) is 0 Å². The van der Waals surface area contributed by atoms with Crippen molar-refractivity contribution in [2.24, 2.45) is 5.92 Å². The second kappa shape index (κ2) is 7.63. The number of carbonyl (C=O) groups is 2. The summed E-state index contributed by atoms with van der Waals surface area (Å²) < 4.78 is 6.61. The molecule has 0 aliphatic heterocycles. The van der Waals surface area contributed by atoms with E-state index in [0.717, 1.165) is 12.0 Å². The molecule has 23 heavy (non-hydrogen) atoms. The van der Waals surface area contributed by atoms with Gasteiger partial charge in [-0.05, 0) is 18.1 Å². The molecule has 1 heterocycles. The van der Waals surface area contributed by atoms with Crippen molar-refractivity contribution in [2.75, 3.05) is 12.4 Å². The maximum absolute atomic E-state index is 12.0. The van der Waals surface area contributed by atoms with Gasteiger partial charge in [-0.25, -0.2) is 4.79 Å². The highest BCUT2D eigenvalue weighted by molar-refractivity contribution is 5.95. The van der Waals surface area contributed by atoms with Crippen LogP contribution in [0.4, 0.5) is 5.69 Å². The molecule has 1 unspecified atom stereocenters. The molecule has 5 heteroatoms. The van der Waals surface area contributed by atoms with E-state index in [0.29, 0.717) is 17.9 Å².